The molecule has 274 valence electrons. The van der Waals surface area contributed by atoms with Crippen LogP contribution in [-0.4, -0.2) is 115 Å². The van der Waals surface area contributed by atoms with Gasteiger partial charge in [0.05, 0.1) is 11.6 Å². The molecule has 7 N–H and O–H groups in total. The predicted octanol–water partition coefficient (Wildman–Crippen LogP) is 0.514. The summed E-state index contributed by atoms with van der Waals surface area (Å²) in [5.41, 5.74) is -3.64. The van der Waals surface area contributed by atoms with Gasteiger partial charge in [-0.1, -0.05) is 32.1 Å². The summed E-state index contributed by atoms with van der Waals surface area (Å²) >= 11 is 0. The first kappa shape index (κ1) is 38.3. The van der Waals surface area contributed by atoms with Gasteiger partial charge in [-0.15, -0.1) is 0 Å². The highest BCUT2D eigenvalue weighted by molar-refractivity contribution is 7.70. The number of allylic oxidation sites excluding steroid dienone is 3. The molecule has 21 heteroatoms. The lowest BCUT2D eigenvalue weighted by atomic mass is 9.71. The van der Waals surface area contributed by atoms with Crippen molar-refractivity contribution in [3.63, 3.8) is 0 Å². The topological polar surface area (TPSA) is 259 Å². The molecule has 0 radical (unpaired) electrons. The van der Waals surface area contributed by atoms with E-state index in [2.05, 4.69) is 46.6 Å². The number of aromatic nitrogens is 2. The molecule has 0 unspecified atom stereocenters. The molecule has 1 aromatic heterocycles. The van der Waals surface area contributed by atoms with Gasteiger partial charge in [0.2, 0.25) is 11.4 Å². The van der Waals surface area contributed by atoms with Gasteiger partial charge in [-0.05, 0) is 43.1 Å². The second-order valence-corrected chi connectivity index (χ2v) is 17.0. The first-order valence-corrected chi connectivity index (χ1v) is 19.7. The molecule has 50 heavy (non-hydrogen) atoms. The number of hydrogen-bond acceptors (Lipinski definition) is 11. The third-order valence-corrected chi connectivity index (χ3v) is 12.8. The maximum Gasteiger partial charge on any atom is 0.484 e. The van der Waals surface area contributed by atoms with Crippen LogP contribution in [0.2, 0.25) is 0 Å². The molecular formula is C29H43BN6O12P2. The van der Waals surface area contributed by atoms with Crippen LogP contribution >= 0.6 is 15.2 Å². The maximum atomic E-state index is 14.3. The number of carbonyl (C=O) groups excluding carboxylic acids is 3. The molecule has 3 aliphatic carbocycles. The van der Waals surface area contributed by atoms with Crippen LogP contribution in [-0.2, 0) is 28.0 Å². The summed E-state index contributed by atoms with van der Waals surface area (Å²) < 4.78 is 40.1. The molecule has 5 rings (SSSR count). The first-order chi connectivity index (χ1) is 23.6. The lowest BCUT2D eigenvalue weighted by Crippen LogP contribution is -2.61. The van der Waals surface area contributed by atoms with E-state index in [1.165, 1.54) is 18.6 Å². The van der Waals surface area contributed by atoms with Crippen LogP contribution in [0.25, 0.3) is 0 Å². The minimum atomic E-state index is -5.36. The van der Waals surface area contributed by atoms with Crippen LogP contribution in [0, 0.1) is 17.8 Å². The van der Waals surface area contributed by atoms with E-state index in [1.54, 1.807) is 5.32 Å². The van der Waals surface area contributed by atoms with Crippen LogP contribution in [0.5, 0.6) is 0 Å². The summed E-state index contributed by atoms with van der Waals surface area (Å²) in [6.07, 6.45) is 11.8. The van der Waals surface area contributed by atoms with Gasteiger partial charge >= 0.3 is 28.4 Å². The Kier molecular flexibility index (Phi) is 11.7. The van der Waals surface area contributed by atoms with Gasteiger partial charge in [0.1, 0.15) is 17.8 Å². The van der Waals surface area contributed by atoms with Crippen molar-refractivity contribution >= 4 is 40.2 Å². The number of nitrogens with zero attached hydrogens (tertiary/aromatic N) is 3. The largest absolute Gasteiger partial charge is 0.484 e. The summed E-state index contributed by atoms with van der Waals surface area (Å²) in [6, 6.07) is 0. The van der Waals surface area contributed by atoms with Gasteiger partial charge < -0.3 is 44.3 Å². The number of nitrogens with one attached hydrogen (secondary N) is 3. The quantitative estimate of drug-likeness (QED) is 0.107. The fourth-order valence-corrected chi connectivity index (χ4v) is 8.77. The van der Waals surface area contributed by atoms with E-state index in [1.807, 2.05) is 11.0 Å². The highest BCUT2D eigenvalue weighted by Crippen LogP contribution is 2.58. The Morgan fingerprint density at radius 2 is 1.76 bits per heavy atom. The number of amides is 3. The smallest absolute Gasteiger partial charge is 0.448 e. The van der Waals surface area contributed by atoms with Crippen molar-refractivity contribution in [2.75, 3.05) is 39.5 Å². The van der Waals surface area contributed by atoms with Crippen molar-refractivity contribution in [3.8, 4) is 0 Å². The summed E-state index contributed by atoms with van der Waals surface area (Å²) in [4.78, 5) is 86.2. The number of rotatable bonds is 13. The molecule has 3 fully saturated rings. The minimum Gasteiger partial charge on any atom is -0.448 e. The van der Waals surface area contributed by atoms with E-state index >= 15 is 0 Å². The van der Waals surface area contributed by atoms with Crippen LogP contribution in [0.3, 0.4) is 0 Å². The molecule has 1 aliphatic heterocycles. The normalized spacial score (nSPS) is 27.2. The predicted molar refractivity (Wildman–Crippen MR) is 177 cm³/mol. The SMILES string of the molecule is CC(C)[C@@H]1C[C@@]1(NC(=O)[C@@]1(NC(=O)c2cnccn2)C[C@@H]1C1=CCCC=C1)B1OCCN(CCOC(=O)NC(P(=O)(O)O)P(=O)(O)O)CCO1. The summed E-state index contributed by atoms with van der Waals surface area (Å²) in [5.74, 6) is -0.807. The summed E-state index contributed by atoms with van der Waals surface area (Å²) in [7, 11) is -11.5. The molecule has 0 bridgehead atoms. The average Bonchev–Trinajstić information content (AvgIpc) is 3.95. The molecule has 0 aromatic carbocycles. The molecule has 3 amide bonds. The zero-order valence-electron chi connectivity index (χ0n) is 27.7. The molecule has 4 atom stereocenters. The molecule has 4 aliphatic rings. The Morgan fingerprint density at radius 1 is 1.06 bits per heavy atom. The second kappa shape index (κ2) is 15.3. The molecule has 2 heterocycles. The van der Waals surface area contributed by atoms with E-state index in [-0.39, 0.29) is 55.7 Å². The van der Waals surface area contributed by atoms with Crippen molar-refractivity contribution in [3.05, 3.63) is 48.1 Å². The van der Waals surface area contributed by atoms with Crippen molar-refractivity contribution in [1.82, 2.24) is 30.8 Å². The Morgan fingerprint density at radius 3 is 2.32 bits per heavy atom. The van der Waals surface area contributed by atoms with Crippen molar-refractivity contribution < 1.29 is 57.1 Å². The van der Waals surface area contributed by atoms with Gasteiger partial charge in [0.15, 0.2) is 0 Å². The van der Waals surface area contributed by atoms with Gasteiger partial charge in [-0.3, -0.25) is 33.9 Å². The van der Waals surface area contributed by atoms with Crippen LogP contribution < -0.4 is 16.0 Å². The van der Waals surface area contributed by atoms with Crippen LogP contribution in [0.1, 0.15) is 50.0 Å². The van der Waals surface area contributed by atoms with Crippen molar-refractivity contribution in [2.45, 2.75) is 56.0 Å². The summed E-state index contributed by atoms with van der Waals surface area (Å²) in [6.45, 7) is 5.17. The monoisotopic (exact) mass is 740 g/mol. The summed E-state index contributed by atoms with van der Waals surface area (Å²) in [5, 5.41) is 7.78. The fourth-order valence-electron chi connectivity index (χ4n) is 6.66. The van der Waals surface area contributed by atoms with Crippen LogP contribution in [0.15, 0.2) is 42.4 Å². The van der Waals surface area contributed by atoms with Crippen molar-refractivity contribution in [1.29, 1.82) is 0 Å². The molecule has 0 spiro atoms. The van der Waals surface area contributed by atoms with E-state index in [0.717, 1.165) is 18.4 Å². The van der Waals surface area contributed by atoms with E-state index in [4.69, 9.17) is 14.0 Å². The number of ether oxygens (including phenoxy) is 1. The Hall–Kier alpha value is -2.99. The standard InChI is InChI=1S/C29H43BN6O12P2/c1-19(2)21-17-29(21,30-47-14-11-36(12-15-48-30)10-13-46-26(39)33-27(49(40,41)42)50(43,44)45)35-25(38)28(16-22(28)20-6-4-3-5-7-20)34-24(37)23-18-31-8-9-32-23/h4,6-9,18-19,21-22,27H,3,5,10-17H2,1-2H3,(H,33,39)(H,34,37)(H,35,38)(H2,40,41,42)(H2,43,44,45)/t21-,22+,28+,29-/m0/s1. The fraction of sp³-hybridized carbons (Fsp3) is 0.621. The number of carbonyl (C=O) groups is 3. The minimum absolute atomic E-state index is 0.0442. The lowest BCUT2D eigenvalue weighted by molar-refractivity contribution is -0.125. The van der Waals surface area contributed by atoms with Crippen molar-refractivity contribution in [2.24, 2.45) is 17.8 Å². The lowest BCUT2D eigenvalue weighted by Gasteiger charge is -2.33. The third-order valence-electron chi connectivity index (χ3n) is 9.43. The van der Waals surface area contributed by atoms with Crippen LogP contribution in [0.4, 0.5) is 4.79 Å². The molecule has 1 saturated heterocycles. The number of alkyl carbamates (subject to hydrolysis) is 1. The highest BCUT2D eigenvalue weighted by atomic mass is 31.2. The van der Waals surface area contributed by atoms with Gasteiger partial charge in [-0.25, -0.2) is 9.78 Å². The average molecular weight is 740 g/mol. The van der Waals surface area contributed by atoms with Gasteiger partial charge in [0.25, 0.3) is 5.91 Å². The first-order valence-electron chi connectivity index (χ1n) is 16.3. The zero-order chi connectivity index (χ0) is 36.3. The maximum absolute atomic E-state index is 14.3. The molecular weight excluding hydrogens is 697 g/mol. The molecule has 18 nitrogen and oxygen atoms in total. The van der Waals surface area contributed by atoms with Gasteiger partial charge in [-0.2, -0.15) is 0 Å². The Labute approximate surface area is 289 Å². The second-order valence-electron chi connectivity index (χ2n) is 13.3. The Balaban J connectivity index is 1.20. The highest BCUT2D eigenvalue weighted by Gasteiger charge is 2.70. The molecule has 1 aromatic rings. The van der Waals surface area contributed by atoms with E-state index in [0.29, 0.717) is 25.9 Å². The third kappa shape index (κ3) is 8.90. The van der Waals surface area contributed by atoms with E-state index < -0.39 is 50.8 Å². The van der Waals surface area contributed by atoms with E-state index in [9.17, 15) is 43.1 Å². The Bertz CT molecular complexity index is 1560. The zero-order valence-corrected chi connectivity index (χ0v) is 29.5. The number of hydrogen-bond donors (Lipinski definition) is 7. The molecule has 2 saturated carbocycles. The van der Waals surface area contributed by atoms with Gasteiger partial charge in [0, 0.05) is 51.2 Å².